The van der Waals surface area contributed by atoms with Crippen LogP contribution in [0.3, 0.4) is 0 Å². The zero-order valence-electron chi connectivity index (χ0n) is 12.3. The Hall–Kier alpha value is -1.17. The average molecular weight is 337 g/mol. The van der Waals surface area contributed by atoms with Gasteiger partial charge in [0, 0.05) is 12.1 Å². The number of hydrogen-bond donors (Lipinski definition) is 2. The van der Waals surface area contributed by atoms with Gasteiger partial charge >= 0.3 is 0 Å². The third kappa shape index (κ3) is 5.99. The van der Waals surface area contributed by atoms with Gasteiger partial charge in [-0.15, -0.1) is 12.4 Å². The van der Waals surface area contributed by atoms with Crippen LogP contribution in [0.15, 0.2) is 12.1 Å². The van der Waals surface area contributed by atoms with E-state index in [1.54, 1.807) is 12.1 Å². The Bertz CT molecular complexity index is 456. The van der Waals surface area contributed by atoms with Crippen LogP contribution in [0.5, 0.6) is 11.5 Å². The van der Waals surface area contributed by atoms with Gasteiger partial charge in [0.15, 0.2) is 11.5 Å². The summed E-state index contributed by atoms with van der Waals surface area (Å²) >= 11 is 6.15. The summed E-state index contributed by atoms with van der Waals surface area (Å²) in [4.78, 5) is 12.0. The molecule has 0 unspecified atom stereocenters. The van der Waals surface area contributed by atoms with Crippen LogP contribution in [0, 0.1) is 0 Å². The van der Waals surface area contributed by atoms with Crippen LogP contribution in [-0.2, 0) is 0 Å². The van der Waals surface area contributed by atoms with E-state index >= 15 is 0 Å². The number of halogens is 2. The number of nitrogens with one attached hydrogen (secondary N) is 1. The van der Waals surface area contributed by atoms with Gasteiger partial charge in [-0.05, 0) is 31.5 Å². The standard InChI is InChI=1S/C14H21ClN2O3.ClH/c1-3-7-20-13-11(15)8-10(9-12(13)19-2)14(18)17-6-4-5-16;/h8-9H,3-7,16H2,1-2H3,(H,17,18);1H. The highest BCUT2D eigenvalue weighted by atomic mass is 35.5. The Morgan fingerprint density at radius 2 is 2.14 bits per heavy atom. The van der Waals surface area contributed by atoms with Crippen LogP contribution < -0.4 is 20.5 Å². The number of ether oxygens (including phenoxy) is 2. The summed E-state index contributed by atoms with van der Waals surface area (Å²) in [5, 5.41) is 3.13. The van der Waals surface area contributed by atoms with E-state index in [0.29, 0.717) is 41.8 Å². The highest BCUT2D eigenvalue weighted by Gasteiger charge is 2.15. The first-order valence-corrected chi connectivity index (χ1v) is 7.00. The number of hydrogen-bond acceptors (Lipinski definition) is 4. The molecule has 0 bridgehead atoms. The number of benzene rings is 1. The van der Waals surface area contributed by atoms with E-state index in [2.05, 4.69) is 5.32 Å². The average Bonchev–Trinajstić information content (AvgIpc) is 2.45. The molecule has 1 aromatic rings. The molecule has 0 radical (unpaired) electrons. The first-order chi connectivity index (χ1) is 9.63. The molecule has 21 heavy (non-hydrogen) atoms. The van der Waals surface area contributed by atoms with Gasteiger partial charge in [0.1, 0.15) is 0 Å². The van der Waals surface area contributed by atoms with Crippen molar-refractivity contribution in [2.45, 2.75) is 19.8 Å². The SMILES string of the molecule is CCCOc1c(Cl)cc(C(=O)NCCCN)cc1OC.Cl. The summed E-state index contributed by atoms with van der Waals surface area (Å²) < 4.78 is 10.8. The predicted octanol–water partition coefficient (Wildman–Crippen LogP) is 2.64. The van der Waals surface area contributed by atoms with Crippen molar-refractivity contribution in [3.8, 4) is 11.5 Å². The fourth-order valence-corrected chi connectivity index (χ4v) is 1.87. The smallest absolute Gasteiger partial charge is 0.251 e. The van der Waals surface area contributed by atoms with E-state index in [1.165, 1.54) is 7.11 Å². The summed E-state index contributed by atoms with van der Waals surface area (Å²) in [5.74, 6) is 0.713. The number of amides is 1. The van der Waals surface area contributed by atoms with Gasteiger partial charge in [0.05, 0.1) is 18.7 Å². The minimum atomic E-state index is -0.208. The molecule has 0 aromatic heterocycles. The van der Waals surface area contributed by atoms with Crippen molar-refractivity contribution in [3.05, 3.63) is 22.7 Å². The van der Waals surface area contributed by atoms with Crippen LogP contribution >= 0.6 is 24.0 Å². The highest BCUT2D eigenvalue weighted by Crippen LogP contribution is 2.36. The second kappa shape index (κ2) is 10.5. The molecule has 0 aliphatic rings. The van der Waals surface area contributed by atoms with Crippen molar-refractivity contribution in [2.24, 2.45) is 5.73 Å². The van der Waals surface area contributed by atoms with Crippen molar-refractivity contribution in [1.82, 2.24) is 5.32 Å². The monoisotopic (exact) mass is 336 g/mol. The second-order valence-corrected chi connectivity index (χ2v) is 4.64. The third-order valence-corrected chi connectivity index (χ3v) is 2.89. The summed E-state index contributed by atoms with van der Waals surface area (Å²) in [6.07, 6.45) is 1.59. The third-order valence-electron chi connectivity index (χ3n) is 2.61. The Morgan fingerprint density at radius 1 is 1.43 bits per heavy atom. The molecule has 0 aliphatic heterocycles. The van der Waals surface area contributed by atoms with Crippen molar-refractivity contribution < 1.29 is 14.3 Å². The van der Waals surface area contributed by atoms with Gasteiger partial charge in [0.2, 0.25) is 0 Å². The summed E-state index contributed by atoms with van der Waals surface area (Å²) in [6, 6.07) is 3.20. The molecule has 0 heterocycles. The van der Waals surface area contributed by atoms with Gasteiger partial charge in [-0.3, -0.25) is 4.79 Å². The Morgan fingerprint density at radius 3 is 2.71 bits per heavy atom. The fraction of sp³-hybridized carbons (Fsp3) is 0.500. The summed E-state index contributed by atoms with van der Waals surface area (Å²) in [6.45, 7) is 3.61. The van der Waals surface area contributed by atoms with Crippen LogP contribution in [-0.4, -0.2) is 32.7 Å². The van der Waals surface area contributed by atoms with Gasteiger partial charge in [0.25, 0.3) is 5.91 Å². The van der Waals surface area contributed by atoms with Crippen LogP contribution in [0.1, 0.15) is 30.1 Å². The van der Waals surface area contributed by atoms with Crippen molar-refractivity contribution >= 4 is 29.9 Å². The highest BCUT2D eigenvalue weighted by molar-refractivity contribution is 6.32. The maximum Gasteiger partial charge on any atom is 0.251 e. The molecule has 5 nitrogen and oxygen atoms in total. The van der Waals surface area contributed by atoms with E-state index in [1.807, 2.05) is 6.92 Å². The molecule has 120 valence electrons. The van der Waals surface area contributed by atoms with Gasteiger partial charge in [-0.1, -0.05) is 18.5 Å². The van der Waals surface area contributed by atoms with E-state index < -0.39 is 0 Å². The van der Waals surface area contributed by atoms with Crippen molar-refractivity contribution in [3.63, 3.8) is 0 Å². The van der Waals surface area contributed by atoms with Crippen molar-refractivity contribution in [1.29, 1.82) is 0 Å². The number of rotatable bonds is 8. The second-order valence-electron chi connectivity index (χ2n) is 4.24. The molecule has 0 atom stereocenters. The molecular formula is C14H22Cl2N2O3. The molecule has 1 rings (SSSR count). The first kappa shape index (κ1) is 19.8. The van der Waals surface area contributed by atoms with Gasteiger partial charge in [-0.2, -0.15) is 0 Å². The molecule has 1 amide bonds. The largest absolute Gasteiger partial charge is 0.493 e. The van der Waals surface area contributed by atoms with Gasteiger partial charge in [-0.25, -0.2) is 0 Å². The lowest BCUT2D eigenvalue weighted by molar-refractivity contribution is 0.0953. The summed E-state index contributed by atoms with van der Waals surface area (Å²) in [7, 11) is 1.51. The van der Waals surface area contributed by atoms with E-state index in [9.17, 15) is 4.79 Å². The van der Waals surface area contributed by atoms with Crippen LogP contribution in [0.4, 0.5) is 0 Å². The molecule has 3 N–H and O–H groups in total. The molecule has 0 saturated heterocycles. The Balaban J connectivity index is 0.00000400. The number of nitrogens with two attached hydrogens (primary N) is 1. The lowest BCUT2D eigenvalue weighted by Crippen LogP contribution is -2.26. The molecule has 0 fully saturated rings. The van der Waals surface area contributed by atoms with Crippen LogP contribution in [0.25, 0.3) is 0 Å². The topological polar surface area (TPSA) is 73.6 Å². The summed E-state index contributed by atoms with van der Waals surface area (Å²) in [5.41, 5.74) is 5.82. The molecular weight excluding hydrogens is 315 g/mol. The molecule has 1 aromatic carbocycles. The molecule has 0 aliphatic carbocycles. The fourth-order valence-electron chi connectivity index (χ4n) is 1.60. The minimum absolute atomic E-state index is 0. The van der Waals surface area contributed by atoms with E-state index in [4.69, 9.17) is 26.8 Å². The molecule has 0 saturated carbocycles. The minimum Gasteiger partial charge on any atom is -0.493 e. The quantitative estimate of drug-likeness (QED) is 0.715. The lowest BCUT2D eigenvalue weighted by atomic mass is 10.2. The lowest BCUT2D eigenvalue weighted by Gasteiger charge is -2.13. The first-order valence-electron chi connectivity index (χ1n) is 6.62. The maximum absolute atomic E-state index is 12.0. The Kier molecular flexibility index (Phi) is 9.95. The Labute approximate surface area is 136 Å². The maximum atomic E-state index is 12.0. The normalized spacial score (nSPS) is 9.71. The van der Waals surface area contributed by atoms with Crippen molar-refractivity contribution in [2.75, 3.05) is 26.8 Å². The van der Waals surface area contributed by atoms with Crippen LogP contribution in [0.2, 0.25) is 5.02 Å². The zero-order valence-corrected chi connectivity index (χ0v) is 13.9. The number of carbonyl (C=O) groups is 1. The van der Waals surface area contributed by atoms with E-state index in [0.717, 1.165) is 12.8 Å². The number of methoxy groups -OCH3 is 1. The number of carbonyl (C=O) groups excluding carboxylic acids is 1. The molecule has 0 spiro atoms. The molecule has 7 heteroatoms. The predicted molar refractivity (Wildman–Crippen MR) is 87.0 cm³/mol. The zero-order chi connectivity index (χ0) is 15.0. The van der Waals surface area contributed by atoms with E-state index in [-0.39, 0.29) is 18.3 Å². The van der Waals surface area contributed by atoms with Gasteiger partial charge < -0.3 is 20.5 Å².